The molecule has 0 aliphatic heterocycles. The Kier molecular flexibility index (Phi) is 3.73. The normalized spacial score (nSPS) is 32.7. The van der Waals surface area contributed by atoms with E-state index in [-0.39, 0.29) is 12.0 Å². The number of carbonyl (C=O) groups excluding carboxylic acids is 1. The van der Waals surface area contributed by atoms with Crippen LogP contribution in [0, 0.1) is 5.92 Å². The zero-order chi connectivity index (χ0) is 8.97. The minimum atomic E-state index is 0.107. The molecular formula is C10H18O2. The van der Waals surface area contributed by atoms with E-state index < -0.39 is 0 Å². The van der Waals surface area contributed by atoms with Crippen LogP contribution in [0.3, 0.4) is 0 Å². The lowest BCUT2D eigenvalue weighted by atomic mass is 9.89. The maximum atomic E-state index is 11.5. The second-order valence-corrected chi connectivity index (χ2v) is 3.63. The second kappa shape index (κ2) is 4.61. The molecule has 1 aliphatic carbocycles. The highest BCUT2D eigenvalue weighted by atomic mass is 16.5. The quantitative estimate of drug-likeness (QED) is 0.603. The number of hydrogen-bond donors (Lipinski definition) is 0. The van der Waals surface area contributed by atoms with Gasteiger partial charge in [-0.25, -0.2) is 0 Å². The van der Waals surface area contributed by atoms with E-state index in [9.17, 15) is 4.79 Å². The monoisotopic (exact) mass is 170 g/mol. The lowest BCUT2D eigenvalue weighted by molar-refractivity contribution is -0.127. The van der Waals surface area contributed by atoms with Crippen LogP contribution in [-0.2, 0) is 9.53 Å². The molecule has 70 valence electrons. The third kappa shape index (κ3) is 2.31. The van der Waals surface area contributed by atoms with E-state index in [4.69, 9.17) is 4.74 Å². The lowest BCUT2D eigenvalue weighted by Gasteiger charge is -2.23. The molecule has 1 aliphatic rings. The molecule has 0 amide bonds. The zero-order valence-corrected chi connectivity index (χ0v) is 8.01. The topological polar surface area (TPSA) is 26.3 Å². The number of rotatable bonds is 1. The van der Waals surface area contributed by atoms with Crippen LogP contribution in [0.25, 0.3) is 0 Å². The highest BCUT2D eigenvalue weighted by Gasteiger charge is 2.24. The van der Waals surface area contributed by atoms with Crippen LogP contribution < -0.4 is 0 Å². The number of carbonyl (C=O) groups is 1. The summed E-state index contributed by atoms with van der Waals surface area (Å²) in [4.78, 5) is 11.5. The summed E-state index contributed by atoms with van der Waals surface area (Å²) in [5.41, 5.74) is 0. The van der Waals surface area contributed by atoms with Crippen LogP contribution in [-0.4, -0.2) is 19.0 Å². The van der Waals surface area contributed by atoms with Crippen molar-refractivity contribution in [2.45, 2.75) is 45.1 Å². The predicted molar refractivity (Wildman–Crippen MR) is 48.1 cm³/mol. The molecule has 2 atom stereocenters. The molecule has 0 aromatic carbocycles. The van der Waals surface area contributed by atoms with Gasteiger partial charge in [0.15, 0.2) is 0 Å². The van der Waals surface area contributed by atoms with Gasteiger partial charge >= 0.3 is 0 Å². The van der Waals surface area contributed by atoms with E-state index in [1.807, 2.05) is 6.92 Å². The van der Waals surface area contributed by atoms with Gasteiger partial charge in [0.2, 0.25) is 0 Å². The number of methoxy groups -OCH3 is 1. The van der Waals surface area contributed by atoms with E-state index in [1.54, 1.807) is 7.11 Å². The average molecular weight is 170 g/mol. The molecule has 0 radical (unpaired) electrons. The van der Waals surface area contributed by atoms with Crippen molar-refractivity contribution in [1.82, 2.24) is 0 Å². The van der Waals surface area contributed by atoms with Crippen LogP contribution in [0.2, 0.25) is 0 Å². The summed E-state index contributed by atoms with van der Waals surface area (Å²) in [7, 11) is 1.70. The van der Waals surface area contributed by atoms with Gasteiger partial charge in [-0.1, -0.05) is 19.8 Å². The summed E-state index contributed by atoms with van der Waals surface area (Å²) in [6, 6.07) is 0. The highest BCUT2D eigenvalue weighted by Crippen LogP contribution is 2.21. The Hall–Kier alpha value is -0.370. The van der Waals surface area contributed by atoms with Crippen molar-refractivity contribution in [3.8, 4) is 0 Å². The van der Waals surface area contributed by atoms with Gasteiger partial charge < -0.3 is 4.74 Å². The Balaban J connectivity index is 2.53. The molecule has 0 bridgehead atoms. The first-order valence-electron chi connectivity index (χ1n) is 4.81. The third-order valence-electron chi connectivity index (χ3n) is 2.78. The molecule has 0 unspecified atom stereocenters. The molecular weight excluding hydrogens is 152 g/mol. The first kappa shape index (κ1) is 9.72. The summed E-state index contributed by atoms with van der Waals surface area (Å²) in [5, 5.41) is 0. The van der Waals surface area contributed by atoms with E-state index in [0.717, 1.165) is 19.3 Å². The summed E-state index contributed by atoms with van der Waals surface area (Å²) >= 11 is 0. The van der Waals surface area contributed by atoms with Crippen LogP contribution >= 0.6 is 0 Å². The molecule has 0 N–H and O–H groups in total. The average Bonchev–Trinajstić information content (AvgIpc) is 2.07. The molecule has 0 aromatic heterocycles. The molecule has 2 nitrogen and oxygen atoms in total. The SMILES string of the molecule is CO[C@H]1CCCCCC(=O)[C@H]1C. The van der Waals surface area contributed by atoms with Crippen molar-refractivity contribution in [2.24, 2.45) is 5.92 Å². The number of ketones is 1. The number of hydrogen-bond acceptors (Lipinski definition) is 2. The van der Waals surface area contributed by atoms with E-state index in [0.29, 0.717) is 5.78 Å². The fourth-order valence-corrected chi connectivity index (χ4v) is 1.83. The van der Waals surface area contributed by atoms with Gasteiger partial charge in [-0.05, 0) is 12.8 Å². The maximum Gasteiger partial charge on any atom is 0.138 e. The zero-order valence-electron chi connectivity index (χ0n) is 8.01. The fourth-order valence-electron chi connectivity index (χ4n) is 1.83. The Bertz CT molecular complexity index is 154. The van der Waals surface area contributed by atoms with Crippen molar-refractivity contribution in [2.75, 3.05) is 7.11 Å². The first-order chi connectivity index (χ1) is 5.75. The van der Waals surface area contributed by atoms with Crippen LogP contribution in [0.4, 0.5) is 0 Å². The van der Waals surface area contributed by atoms with Crippen LogP contribution in [0.1, 0.15) is 39.0 Å². The Morgan fingerprint density at radius 2 is 2.08 bits per heavy atom. The maximum absolute atomic E-state index is 11.5. The number of ether oxygens (including phenoxy) is 1. The van der Waals surface area contributed by atoms with Gasteiger partial charge in [0.05, 0.1) is 6.10 Å². The third-order valence-corrected chi connectivity index (χ3v) is 2.78. The van der Waals surface area contributed by atoms with Crippen molar-refractivity contribution < 1.29 is 9.53 Å². The molecule has 0 aromatic rings. The molecule has 0 saturated heterocycles. The van der Waals surface area contributed by atoms with Crippen molar-refractivity contribution >= 4 is 5.78 Å². The van der Waals surface area contributed by atoms with Gasteiger partial charge in [-0.15, -0.1) is 0 Å². The molecule has 1 fully saturated rings. The number of Topliss-reactive ketones (excluding diaryl/α,β-unsaturated/α-hetero) is 1. The molecule has 0 heterocycles. The van der Waals surface area contributed by atoms with Gasteiger partial charge in [0, 0.05) is 19.4 Å². The smallest absolute Gasteiger partial charge is 0.138 e. The molecule has 12 heavy (non-hydrogen) atoms. The van der Waals surface area contributed by atoms with E-state index in [2.05, 4.69) is 0 Å². The summed E-state index contributed by atoms with van der Waals surface area (Å²) < 4.78 is 5.29. The standard InChI is InChI=1S/C10H18O2/c1-8-9(11)6-4-3-5-7-10(8)12-2/h8,10H,3-7H2,1-2H3/t8-,10+/m1/s1. The Morgan fingerprint density at radius 1 is 1.33 bits per heavy atom. The van der Waals surface area contributed by atoms with Gasteiger partial charge in [0.25, 0.3) is 0 Å². The molecule has 2 heteroatoms. The minimum absolute atomic E-state index is 0.107. The van der Waals surface area contributed by atoms with Crippen LogP contribution in [0.5, 0.6) is 0 Å². The van der Waals surface area contributed by atoms with Gasteiger partial charge in [-0.2, -0.15) is 0 Å². The summed E-state index contributed by atoms with van der Waals surface area (Å²) in [6.45, 7) is 1.99. The highest BCUT2D eigenvalue weighted by molar-refractivity contribution is 5.81. The van der Waals surface area contributed by atoms with Crippen molar-refractivity contribution in [3.05, 3.63) is 0 Å². The van der Waals surface area contributed by atoms with Crippen LogP contribution in [0.15, 0.2) is 0 Å². The van der Waals surface area contributed by atoms with Gasteiger partial charge in [0.1, 0.15) is 5.78 Å². The molecule has 1 rings (SSSR count). The summed E-state index contributed by atoms with van der Waals surface area (Å²) in [6.07, 6.45) is 5.41. The Morgan fingerprint density at radius 3 is 2.75 bits per heavy atom. The molecule has 0 spiro atoms. The van der Waals surface area contributed by atoms with Crippen molar-refractivity contribution in [1.29, 1.82) is 0 Å². The predicted octanol–water partition coefficient (Wildman–Crippen LogP) is 2.17. The minimum Gasteiger partial charge on any atom is -0.381 e. The Labute approximate surface area is 74.3 Å². The first-order valence-corrected chi connectivity index (χ1v) is 4.81. The lowest BCUT2D eigenvalue weighted by Crippen LogP contribution is -2.28. The van der Waals surface area contributed by atoms with Crippen molar-refractivity contribution in [3.63, 3.8) is 0 Å². The second-order valence-electron chi connectivity index (χ2n) is 3.63. The largest absolute Gasteiger partial charge is 0.381 e. The van der Waals surface area contributed by atoms with E-state index in [1.165, 1.54) is 12.8 Å². The van der Waals surface area contributed by atoms with Gasteiger partial charge in [-0.3, -0.25) is 4.79 Å². The fraction of sp³-hybridized carbons (Fsp3) is 0.900. The van der Waals surface area contributed by atoms with E-state index >= 15 is 0 Å². The molecule has 1 saturated carbocycles. The summed E-state index contributed by atoms with van der Waals surface area (Å²) in [5.74, 6) is 0.483.